The van der Waals surface area contributed by atoms with Gasteiger partial charge in [-0.05, 0) is 12.1 Å². The number of ether oxygens (including phenoxy) is 3. The first-order valence-electron chi connectivity index (χ1n) is 4.85. The van der Waals surface area contributed by atoms with Gasteiger partial charge in [-0.2, -0.15) is 0 Å². The van der Waals surface area contributed by atoms with E-state index in [0.717, 1.165) is 0 Å². The van der Waals surface area contributed by atoms with Crippen LogP contribution < -0.4 is 10.5 Å². The molecule has 0 saturated heterocycles. The predicted molar refractivity (Wildman–Crippen MR) is 59.2 cm³/mol. The van der Waals surface area contributed by atoms with Gasteiger partial charge in [-0.25, -0.2) is 4.79 Å². The van der Waals surface area contributed by atoms with E-state index in [9.17, 15) is 4.79 Å². The first-order valence-corrected chi connectivity index (χ1v) is 4.85. The summed E-state index contributed by atoms with van der Waals surface area (Å²) in [7, 11) is 1.54. The number of carbonyl (C=O) groups excluding carboxylic acids is 1. The minimum atomic E-state index is -0.431. The standard InChI is InChI=1S/C11H15NO4/c1-14-5-6-15-11(13)8-16-10-4-2-3-9(12)7-10/h2-4,7H,5-6,8,12H2,1H3. The van der Waals surface area contributed by atoms with Gasteiger partial charge in [0.15, 0.2) is 6.61 Å². The highest BCUT2D eigenvalue weighted by atomic mass is 16.6. The van der Waals surface area contributed by atoms with Crippen molar-refractivity contribution in [3.8, 4) is 5.75 Å². The molecule has 1 rings (SSSR count). The van der Waals surface area contributed by atoms with E-state index in [-0.39, 0.29) is 13.2 Å². The number of hydrogen-bond acceptors (Lipinski definition) is 5. The second-order valence-electron chi connectivity index (χ2n) is 3.07. The molecule has 88 valence electrons. The molecular formula is C11H15NO4. The summed E-state index contributed by atoms with van der Waals surface area (Å²) < 4.78 is 14.7. The van der Waals surface area contributed by atoms with E-state index in [2.05, 4.69) is 0 Å². The van der Waals surface area contributed by atoms with E-state index in [1.54, 1.807) is 24.3 Å². The fourth-order valence-corrected chi connectivity index (χ4v) is 1.03. The summed E-state index contributed by atoms with van der Waals surface area (Å²) in [5, 5.41) is 0. The predicted octanol–water partition coefficient (Wildman–Crippen LogP) is 0.837. The normalized spacial score (nSPS) is 9.81. The molecule has 16 heavy (non-hydrogen) atoms. The van der Waals surface area contributed by atoms with Crippen LogP contribution in [0.1, 0.15) is 0 Å². The zero-order chi connectivity index (χ0) is 11.8. The lowest BCUT2D eigenvalue weighted by molar-refractivity contribution is -0.147. The third-order valence-corrected chi connectivity index (χ3v) is 1.77. The van der Waals surface area contributed by atoms with Crippen molar-refractivity contribution in [1.82, 2.24) is 0 Å². The zero-order valence-electron chi connectivity index (χ0n) is 9.14. The highest BCUT2D eigenvalue weighted by molar-refractivity contribution is 5.71. The smallest absolute Gasteiger partial charge is 0.344 e. The molecule has 0 aromatic heterocycles. The van der Waals surface area contributed by atoms with Gasteiger partial charge in [0.2, 0.25) is 0 Å². The van der Waals surface area contributed by atoms with Gasteiger partial charge < -0.3 is 19.9 Å². The molecular weight excluding hydrogens is 210 g/mol. The third-order valence-electron chi connectivity index (χ3n) is 1.77. The van der Waals surface area contributed by atoms with Crippen LogP contribution in [-0.4, -0.2) is 32.9 Å². The molecule has 0 spiro atoms. The van der Waals surface area contributed by atoms with Crippen molar-refractivity contribution in [2.75, 3.05) is 32.7 Å². The molecule has 5 heteroatoms. The maximum absolute atomic E-state index is 11.1. The monoisotopic (exact) mass is 225 g/mol. The van der Waals surface area contributed by atoms with Crippen molar-refractivity contribution in [3.63, 3.8) is 0 Å². The van der Waals surface area contributed by atoms with Crippen molar-refractivity contribution >= 4 is 11.7 Å². The molecule has 0 aliphatic heterocycles. The molecule has 0 unspecified atom stereocenters. The first kappa shape index (κ1) is 12.3. The van der Waals surface area contributed by atoms with Crippen molar-refractivity contribution in [3.05, 3.63) is 24.3 Å². The number of rotatable bonds is 6. The van der Waals surface area contributed by atoms with Crippen LogP contribution in [0.4, 0.5) is 5.69 Å². The van der Waals surface area contributed by atoms with E-state index in [1.807, 2.05) is 0 Å². The average molecular weight is 225 g/mol. The van der Waals surface area contributed by atoms with Gasteiger partial charge >= 0.3 is 5.97 Å². The third kappa shape index (κ3) is 4.65. The Morgan fingerprint density at radius 2 is 2.19 bits per heavy atom. The fraction of sp³-hybridized carbons (Fsp3) is 0.364. The molecule has 0 bridgehead atoms. The van der Waals surface area contributed by atoms with E-state index in [4.69, 9.17) is 19.9 Å². The summed E-state index contributed by atoms with van der Waals surface area (Å²) >= 11 is 0. The van der Waals surface area contributed by atoms with E-state index < -0.39 is 5.97 Å². The number of anilines is 1. The number of benzene rings is 1. The second kappa shape index (κ2) is 6.68. The van der Waals surface area contributed by atoms with E-state index in [1.165, 1.54) is 7.11 Å². The molecule has 0 amide bonds. The van der Waals surface area contributed by atoms with Crippen LogP contribution in [0.25, 0.3) is 0 Å². The van der Waals surface area contributed by atoms with Crippen molar-refractivity contribution in [2.24, 2.45) is 0 Å². The van der Waals surface area contributed by atoms with Crippen LogP contribution in [0, 0.1) is 0 Å². The minimum absolute atomic E-state index is 0.132. The first-order chi connectivity index (χ1) is 7.72. The van der Waals surface area contributed by atoms with Gasteiger partial charge in [0.1, 0.15) is 12.4 Å². The summed E-state index contributed by atoms with van der Waals surface area (Å²) in [5.41, 5.74) is 6.14. The lowest BCUT2D eigenvalue weighted by Gasteiger charge is -2.06. The van der Waals surface area contributed by atoms with Gasteiger partial charge in [-0.1, -0.05) is 6.07 Å². The fourth-order valence-electron chi connectivity index (χ4n) is 1.03. The number of hydrogen-bond donors (Lipinski definition) is 1. The molecule has 5 nitrogen and oxygen atoms in total. The molecule has 1 aromatic carbocycles. The Balaban J connectivity index is 2.26. The van der Waals surface area contributed by atoms with Crippen LogP contribution >= 0.6 is 0 Å². The van der Waals surface area contributed by atoms with Crippen LogP contribution in [0.3, 0.4) is 0 Å². The molecule has 1 aromatic rings. The highest BCUT2D eigenvalue weighted by Gasteiger charge is 2.03. The average Bonchev–Trinajstić information content (AvgIpc) is 2.27. The Labute approximate surface area is 94.1 Å². The maximum atomic E-state index is 11.1. The summed E-state index contributed by atoms with van der Waals surface area (Å²) in [6.45, 7) is 0.479. The van der Waals surface area contributed by atoms with E-state index >= 15 is 0 Å². The Morgan fingerprint density at radius 1 is 1.38 bits per heavy atom. The maximum Gasteiger partial charge on any atom is 0.344 e. The Bertz CT molecular complexity index is 341. The van der Waals surface area contributed by atoms with Crippen LogP contribution in [-0.2, 0) is 14.3 Å². The zero-order valence-corrected chi connectivity index (χ0v) is 9.14. The van der Waals surface area contributed by atoms with Crippen molar-refractivity contribution in [2.45, 2.75) is 0 Å². The van der Waals surface area contributed by atoms with Gasteiger partial charge in [0.05, 0.1) is 6.61 Å². The second-order valence-corrected chi connectivity index (χ2v) is 3.07. The molecule has 0 radical (unpaired) electrons. The largest absolute Gasteiger partial charge is 0.482 e. The Hall–Kier alpha value is -1.75. The van der Waals surface area contributed by atoms with Crippen molar-refractivity contribution < 1.29 is 19.0 Å². The lowest BCUT2D eigenvalue weighted by Crippen LogP contribution is -2.17. The van der Waals surface area contributed by atoms with Gasteiger partial charge in [0.25, 0.3) is 0 Å². The SMILES string of the molecule is COCCOC(=O)COc1cccc(N)c1. The highest BCUT2D eigenvalue weighted by Crippen LogP contribution is 2.14. The number of methoxy groups -OCH3 is 1. The number of carbonyl (C=O) groups is 1. The number of esters is 1. The molecule has 0 aliphatic carbocycles. The van der Waals surface area contributed by atoms with Crippen LogP contribution in [0.5, 0.6) is 5.75 Å². The van der Waals surface area contributed by atoms with Crippen molar-refractivity contribution in [1.29, 1.82) is 0 Å². The molecule has 0 fully saturated rings. The molecule has 0 aliphatic rings. The van der Waals surface area contributed by atoms with E-state index in [0.29, 0.717) is 18.0 Å². The van der Waals surface area contributed by atoms with Gasteiger partial charge in [-0.3, -0.25) is 0 Å². The van der Waals surface area contributed by atoms with Crippen LogP contribution in [0.15, 0.2) is 24.3 Å². The summed E-state index contributed by atoms with van der Waals surface area (Å²) in [6, 6.07) is 6.85. The summed E-state index contributed by atoms with van der Waals surface area (Å²) in [6.07, 6.45) is 0. The molecule has 2 N–H and O–H groups in total. The number of nitrogen functional groups attached to an aromatic ring is 1. The quantitative estimate of drug-likeness (QED) is 0.441. The molecule has 0 saturated carbocycles. The Kier molecular flexibility index (Phi) is 5.15. The minimum Gasteiger partial charge on any atom is -0.482 e. The van der Waals surface area contributed by atoms with Crippen LogP contribution in [0.2, 0.25) is 0 Å². The lowest BCUT2D eigenvalue weighted by atomic mass is 10.3. The summed E-state index contributed by atoms with van der Waals surface area (Å²) in [5.74, 6) is 0.114. The molecule has 0 heterocycles. The number of nitrogens with two attached hydrogens (primary N) is 1. The molecule has 0 atom stereocenters. The summed E-state index contributed by atoms with van der Waals surface area (Å²) in [4.78, 5) is 11.1. The topological polar surface area (TPSA) is 70.8 Å². The van der Waals surface area contributed by atoms with Gasteiger partial charge in [0, 0.05) is 18.9 Å². The van der Waals surface area contributed by atoms with Gasteiger partial charge in [-0.15, -0.1) is 0 Å². The Morgan fingerprint density at radius 3 is 2.88 bits per heavy atom.